The maximum atomic E-state index is 2.63. The van der Waals surface area contributed by atoms with Gasteiger partial charge in [0.15, 0.2) is 0 Å². The van der Waals surface area contributed by atoms with E-state index in [9.17, 15) is 0 Å². The lowest BCUT2D eigenvalue weighted by atomic mass is 10.2. The first kappa shape index (κ1) is 18.0. The van der Waals surface area contributed by atoms with Crippen molar-refractivity contribution in [2.45, 2.75) is 45.5 Å². The van der Waals surface area contributed by atoms with Crippen molar-refractivity contribution in [2.24, 2.45) is 0 Å². The summed E-state index contributed by atoms with van der Waals surface area (Å²) in [5, 5.41) is 3.23. The van der Waals surface area contributed by atoms with E-state index >= 15 is 0 Å². The van der Waals surface area contributed by atoms with Crippen molar-refractivity contribution in [1.29, 1.82) is 0 Å². The molecule has 0 aromatic heterocycles. The zero-order valence-corrected chi connectivity index (χ0v) is 17.4. The Morgan fingerprint density at radius 3 is 1.35 bits per heavy atom. The highest BCUT2D eigenvalue weighted by Crippen LogP contribution is 2.37. The quantitative estimate of drug-likeness (QED) is 0.686. The molecular formula is C21H30Si2. The van der Waals surface area contributed by atoms with Crippen molar-refractivity contribution in [3.05, 3.63) is 72.1 Å². The minimum Gasteiger partial charge on any atom is -0.102 e. The summed E-state index contributed by atoms with van der Waals surface area (Å²) in [5.74, 6) is 0. The van der Waals surface area contributed by atoms with Gasteiger partial charge in [0.05, 0.1) is 8.07 Å². The van der Waals surface area contributed by atoms with E-state index in [1.54, 1.807) is 0 Å². The Morgan fingerprint density at radius 1 is 0.652 bits per heavy atom. The van der Waals surface area contributed by atoms with Crippen LogP contribution in [-0.4, -0.2) is 16.1 Å². The Hall–Kier alpha value is -1.39. The molecule has 0 aliphatic rings. The van der Waals surface area contributed by atoms with Crippen LogP contribution in [0.15, 0.2) is 72.1 Å². The average Bonchev–Trinajstić information content (AvgIpc) is 2.47. The molecule has 0 radical (unpaired) electrons. The topological polar surface area (TPSA) is 0 Å². The summed E-state index contributed by atoms with van der Waals surface area (Å²) in [5.41, 5.74) is 5.19. The van der Waals surface area contributed by atoms with E-state index in [2.05, 4.69) is 112 Å². The third kappa shape index (κ3) is 3.93. The molecule has 0 bridgehead atoms. The van der Waals surface area contributed by atoms with E-state index in [4.69, 9.17) is 0 Å². The predicted octanol–water partition coefficient (Wildman–Crippen LogP) is 5.02. The second-order valence-corrected chi connectivity index (χ2v) is 18.2. The highest BCUT2D eigenvalue weighted by molar-refractivity contribution is 7.08. The molecule has 0 saturated carbocycles. The molecule has 2 rings (SSSR count). The lowest BCUT2D eigenvalue weighted by Gasteiger charge is -2.42. The Labute approximate surface area is 144 Å². The summed E-state index contributed by atoms with van der Waals surface area (Å²) in [6.45, 7) is 14.5. The monoisotopic (exact) mass is 338 g/mol. The van der Waals surface area contributed by atoms with Crippen LogP contribution >= 0.6 is 0 Å². The predicted molar refractivity (Wildman–Crippen MR) is 110 cm³/mol. The van der Waals surface area contributed by atoms with Gasteiger partial charge < -0.3 is 0 Å². The van der Waals surface area contributed by atoms with Gasteiger partial charge in [-0.25, -0.2) is 0 Å². The van der Waals surface area contributed by atoms with Crippen molar-refractivity contribution in [2.75, 3.05) is 0 Å². The van der Waals surface area contributed by atoms with E-state index in [0.29, 0.717) is 0 Å². The normalized spacial score (nSPS) is 13.5. The third-order valence-corrected chi connectivity index (χ3v) is 11.5. The summed E-state index contributed by atoms with van der Waals surface area (Å²) >= 11 is 0. The average molecular weight is 339 g/mol. The maximum absolute atomic E-state index is 2.63. The third-order valence-electron chi connectivity index (χ3n) is 4.47. The Balaban J connectivity index is 2.78. The van der Waals surface area contributed by atoms with Crippen LogP contribution < -0.4 is 10.4 Å². The lowest BCUT2D eigenvalue weighted by Crippen LogP contribution is -2.63. The molecule has 122 valence electrons. The Morgan fingerprint density at radius 2 is 1.04 bits per heavy atom. The van der Waals surface area contributed by atoms with E-state index < -0.39 is 16.1 Å². The molecule has 0 spiro atoms. The molecule has 0 N–H and O–H groups in total. The van der Waals surface area contributed by atoms with Crippen molar-refractivity contribution in [1.82, 2.24) is 0 Å². The lowest BCUT2D eigenvalue weighted by molar-refractivity contribution is 0.739. The number of benzene rings is 2. The molecule has 2 aromatic rings. The highest BCUT2D eigenvalue weighted by atomic mass is 28.3. The van der Waals surface area contributed by atoms with Crippen LogP contribution in [0.4, 0.5) is 0 Å². The largest absolute Gasteiger partial charge is 0.145 e. The highest BCUT2D eigenvalue weighted by Gasteiger charge is 2.45. The smallest absolute Gasteiger partial charge is 0.102 e. The molecular weight excluding hydrogens is 308 g/mol. The van der Waals surface area contributed by atoms with Gasteiger partial charge >= 0.3 is 0 Å². The van der Waals surface area contributed by atoms with Gasteiger partial charge in [-0.05, 0) is 15.4 Å². The SMILES string of the molecule is CC(C)(C)[Si](/C=C/[Si](C)(C)C)(c1ccccc1)c1ccccc1. The fraction of sp³-hybridized carbons (Fsp3) is 0.333. The summed E-state index contributed by atoms with van der Waals surface area (Å²) in [4.78, 5) is 0. The van der Waals surface area contributed by atoms with Gasteiger partial charge in [0, 0.05) is 0 Å². The summed E-state index contributed by atoms with van der Waals surface area (Å²) in [6, 6.07) is 22.3. The summed E-state index contributed by atoms with van der Waals surface area (Å²) < 4.78 is 0. The van der Waals surface area contributed by atoms with Crippen molar-refractivity contribution >= 4 is 26.5 Å². The first-order valence-electron chi connectivity index (χ1n) is 8.48. The molecule has 0 heterocycles. The molecule has 0 aliphatic carbocycles. The summed E-state index contributed by atoms with van der Waals surface area (Å²) in [7, 11) is -3.26. The Kier molecular flexibility index (Phi) is 5.17. The van der Waals surface area contributed by atoms with E-state index in [-0.39, 0.29) is 5.04 Å². The van der Waals surface area contributed by atoms with Gasteiger partial charge in [-0.1, -0.05) is 107 Å². The minimum atomic E-state index is -2.00. The van der Waals surface area contributed by atoms with Gasteiger partial charge in [0.25, 0.3) is 0 Å². The molecule has 2 heteroatoms. The fourth-order valence-electron chi connectivity index (χ4n) is 3.25. The van der Waals surface area contributed by atoms with Crippen LogP contribution in [0.1, 0.15) is 20.8 Å². The van der Waals surface area contributed by atoms with Crippen LogP contribution in [0.25, 0.3) is 0 Å². The molecule has 0 aliphatic heterocycles. The second kappa shape index (κ2) is 6.62. The molecule has 0 fully saturated rings. The van der Waals surface area contributed by atoms with E-state index in [1.165, 1.54) is 10.4 Å². The molecule has 0 atom stereocenters. The number of rotatable bonds is 4. The fourth-order valence-corrected chi connectivity index (χ4v) is 10.6. The van der Waals surface area contributed by atoms with Crippen LogP contribution in [-0.2, 0) is 0 Å². The van der Waals surface area contributed by atoms with Gasteiger partial charge in [0.2, 0.25) is 0 Å². The molecule has 0 amide bonds. The van der Waals surface area contributed by atoms with Crippen LogP contribution in [0.3, 0.4) is 0 Å². The molecule has 0 unspecified atom stereocenters. The van der Waals surface area contributed by atoms with Gasteiger partial charge in [-0.3, -0.25) is 0 Å². The zero-order valence-electron chi connectivity index (χ0n) is 15.4. The maximum Gasteiger partial charge on any atom is 0.145 e. The standard InChI is InChI=1S/C21H30Si2/c1-21(2,3)23(18-17-22(4,5)6,19-13-9-7-10-14-19)20-15-11-8-12-16-20/h7-18H,1-6H3/b18-17+. The summed E-state index contributed by atoms with van der Waals surface area (Å²) in [6.07, 6.45) is 0. The van der Waals surface area contributed by atoms with Crippen molar-refractivity contribution in [3.8, 4) is 0 Å². The minimum absolute atomic E-state index is 0.214. The van der Waals surface area contributed by atoms with Crippen LogP contribution in [0, 0.1) is 0 Å². The number of hydrogen-bond donors (Lipinski definition) is 0. The Bertz CT molecular complexity index is 604. The first-order chi connectivity index (χ1) is 10.7. The molecule has 23 heavy (non-hydrogen) atoms. The van der Waals surface area contributed by atoms with E-state index in [0.717, 1.165) is 0 Å². The number of hydrogen-bond acceptors (Lipinski definition) is 0. The van der Waals surface area contributed by atoms with Gasteiger partial charge in [0.1, 0.15) is 8.07 Å². The molecule has 0 saturated heterocycles. The van der Waals surface area contributed by atoms with Gasteiger partial charge in [-0.15, -0.1) is 5.70 Å². The first-order valence-corrected chi connectivity index (χ1v) is 14.1. The second-order valence-electron chi connectivity index (χ2n) is 8.49. The molecule has 2 aromatic carbocycles. The van der Waals surface area contributed by atoms with E-state index in [1.807, 2.05) is 0 Å². The van der Waals surface area contributed by atoms with Crippen LogP contribution in [0.5, 0.6) is 0 Å². The van der Waals surface area contributed by atoms with Crippen molar-refractivity contribution in [3.63, 3.8) is 0 Å². The zero-order chi connectivity index (χ0) is 17.1. The molecule has 0 nitrogen and oxygen atoms in total. The van der Waals surface area contributed by atoms with Crippen LogP contribution in [0.2, 0.25) is 24.7 Å². The van der Waals surface area contributed by atoms with Gasteiger partial charge in [-0.2, -0.15) is 0 Å². The van der Waals surface area contributed by atoms with Crippen molar-refractivity contribution < 1.29 is 0 Å².